The van der Waals surface area contributed by atoms with Crippen molar-refractivity contribution in [1.29, 1.82) is 0 Å². The second kappa shape index (κ2) is 11.5. The van der Waals surface area contributed by atoms with Gasteiger partial charge in [0.15, 0.2) is 4.32 Å². The van der Waals surface area contributed by atoms with Crippen molar-refractivity contribution in [3.05, 3.63) is 60.7 Å². The van der Waals surface area contributed by atoms with Gasteiger partial charge in [-0.25, -0.2) is 0 Å². The Kier molecular flexibility index (Phi) is 8.50. The van der Waals surface area contributed by atoms with E-state index in [0.717, 1.165) is 43.6 Å². The number of hydrogen-bond acceptors (Lipinski definition) is 8. The normalized spacial score (nSPS) is 21.2. The monoisotopic (exact) mass is 504 g/mol. The zero-order valence-electron chi connectivity index (χ0n) is 17.7. The van der Waals surface area contributed by atoms with E-state index in [4.69, 9.17) is 30.2 Å². The molecule has 0 saturated carbocycles. The van der Waals surface area contributed by atoms with Crippen molar-refractivity contribution in [1.82, 2.24) is 15.5 Å². The first-order chi connectivity index (χ1) is 15.6. The topological polar surface area (TPSA) is 59.8 Å². The first-order valence-corrected chi connectivity index (χ1v) is 13.6. The van der Waals surface area contributed by atoms with E-state index < -0.39 is 0 Å². The number of nitrogens with zero attached hydrogens (tertiary/aromatic N) is 3. The molecule has 0 radical (unpaired) electrons. The van der Waals surface area contributed by atoms with E-state index in [-0.39, 0.29) is 12.3 Å². The maximum atomic E-state index is 6.01. The summed E-state index contributed by atoms with van der Waals surface area (Å²) >= 11 is 11.1. The van der Waals surface area contributed by atoms with Gasteiger partial charge in [-0.2, -0.15) is 0 Å². The molecule has 4 N–H and O–H groups in total. The number of hydrogen-bond donors (Lipinski definition) is 3. The van der Waals surface area contributed by atoms with Crippen molar-refractivity contribution in [2.75, 3.05) is 49.1 Å². The quantitative estimate of drug-likeness (QED) is 0.428. The Bertz CT molecular complexity index is 840. The van der Waals surface area contributed by atoms with E-state index in [1.165, 1.54) is 33.0 Å². The maximum absolute atomic E-state index is 6.01. The summed E-state index contributed by atoms with van der Waals surface area (Å²) in [6.07, 6.45) is 0.128. The molecule has 2 aliphatic heterocycles. The van der Waals surface area contributed by atoms with Gasteiger partial charge in [0.2, 0.25) is 0 Å². The van der Waals surface area contributed by atoms with Gasteiger partial charge in [-0.05, 0) is 45.9 Å². The number of nitrogens with one attached hydrogen (secondary N) is 2. The SMILES string of the molecule is NC(=S)SSC(=S)N(C1CNCCN1c1ccccc1)C1CNCCN1c1ccccc1. The van der Waals surface area contributed by atoms with Crippen LogP contribution < -0.4 is 26.2 Å². The first-order valence-electron chi connectivity index (χ1n) is 10.7. The molecular formula is C22H28N6S4. The zero-order valence-corrected chi connectivity index (χ0v) is 21.0. The number of benzene rings is 2. The molecule has 2 aliphatic rings. The maximum Gasteiger partial charge on any atom is 0.150 e. The standard InChI is InChI=1S/C22H28N6S4/c23-21(29)31-32-22(30)28(19-15-24-11-13-26(19)17-7-3-1-4-8-17)20-16-25-12-14-27(20)18-9-5-2-6-10-18/h1-10,19-20,24-25H,11-16H2,(H2,23,29). The summed E-state index contributed by atoms with van der Waals surface area (Å²) in [6, 6.07) is 21.2. The van der Waals surface area contributed by atoms with Gasteiger partial charge in [0, 0.05) is 50.6 Å². The van der Waals surface area contributed by atoms with Gasteiger partial charge >= 0.3 is 0 Å². The summed E-state index contributed by atoms with van der Waals surface area (Å²) in [5.41, 5.74) is 8.19. The minimum Gasteiger partial charge on any atom is -0.384 e. The fraction of sp³-hybridized carbons (Fsp3) is 0.364. The lowest BCUT2D eigenvalue weighted by Crippen LogP contribution is -2.69. The van der Waals surface area contributed by atoms with Crippen LogP contribution in [0.5, 0.6) is 0 Å². The number of rotatable bonds is 4. The predicted molar refractivity (Wildman–Crippen MR) is 147 cm³/mol. The highest BCUT2D eigenvalue weighted by Crippen LogP contribution is 2.32. The van der Waals surface area contributed by atoms with Crippen LogP contribution in [-0.4, -0.2) is 65.1 Å². The van der Waals surface area contributed by atoms with Crippen molar-refractivity contribution in [3.8, 4) is 0 Å². The number of thiocarbonyl (C=S) groups is 2. The first kappa shape index (κ1) is 23.6. The third kappa shape index (κ3) is 5.67. The molecule has 0 aromatic heterocycles. The molecule has 2 heterocycles. The highest BCUT2D eigenvalue weighted by molar-refractivity contribution is 8.89. The molecule has 0 spiro atoms. The van der Waals surface area contributed by atoms with Crippen LogP contribution in [-0.2, 0) is 0 Å². The van der Waals surface area contributed by atoms with Crippen LogP contribution in [0, 0.1) is 0 Å². The van der Waals surface area contributed by atoms with E-state index in [1.807, 2.05) is 0 Å². The predicted octanol–water partition coefficient (Wildman–Crippen LogP) is 3.07. The van der Waals surface area contributed by atoms with Crippen LogP contribution in [0.3, 0.4) is 0 Å². The van der Waals surface area contributed by atoms with Gasteiger partial charge in [0.05, 0.1) is 0 Å². The zero-order chi connectivity index (χ0) is 22.3. The van der Waals surface area contributed by atoms with Crippen LogP contribution in [0.15, 0.2) is 60.7 Å². The summed E-state index contributed by atoms with van der Waals surface area (Å²) in [5.74, 6) is 0. The molecule has 32 heavy (non-hydrogen) atoms. The molecule has 10 heteroatoms. The van der Waals surface area contributed by atoms with Gasteiger partial charge in [-0.15, -0.1) is 0 Å². The van der Waals surface area contributed by atoms with Gasteiger partial charge in [-0.3, -0.25) is 0 Å². The number of para-hydroxylation sites is 2. The van der Waals surface area contributed by atoms with Crippen molar-refractivity contribution < 1.29 is 0 Å². The molecule has 2 fully saturated rings. The van der Waals surface area contributed by atoms with E-state index in [9.17, 15) is 0 Å². The molecule has 4 rings (SSSR count). The second-order valence-corrected chi connectivity index (χ2v) is 11.1. The van der Waals surface area contributed by atoms with Crippen LogP contribution in [0.2, 0.25) is 0 Å². The fourth-order valence-electron chi connectivity index (χ4n) is 4.28. The number of piperazine rings is 2. The molecule has 2 aromatic rings. The molecule has 2 atom stereocenters. The minimum atomic E-state index is 0.0641. The Balaban J connectivity index is 1.70. The molecule has 2 saturated heterocycles. The summed E-state index contributed by atoms with van der Waals surface area (Å²) < 4.78 is 1.17. The van der Waals surface area contributed by atoms with Gasteiger partial charge < -0.3 is 31.1 Å². The van der Waals surface area contributed by atoms with Crippen molar-refractivity contribution in [2.45, 2.75) is 12.3 Å². The molecule has 0 bridgehead atoms. The van der Waals surface area contributed by atoms with E-state index in [0.29, 0.717) is 4.32 Å². The summed E-state index contributed by atoms with van der Waals surface area (Å²) in [4.78, 5) is 7.27. The van der Waals surface area contributed by atoms with Crippen LogP contribution in [0.1, 0.15) is 0 Å². The lowest BCUT2D eigenvalue weighted by atomic mass is 10.1. The average Bonchev–Trinajstić information content (AvgIpc) is 2.85. The van der Waals surface area contributed by atoms with E-state index in [2.05, 4.69) is 86.0 Å². The Morgan fingerprint density at radius 3 is 1.72 bits per heavy atom. The minimum absolute atomic E-state index is 0.0641. The van der Waals surface area contributed by atoms with Crippen LogP contribution >= 0.6 is 46.0 Å². The molecular weight excluding hydrogens is 477 g/mol. The molecule has 170 valence electrons. The molecule has 0 amide bonds. The van der Waals surface area contributed by atoms with Crippen molar-refractivity contribution in [2.24, 2.45) is 5.73 Å². The fourth-order valence-corrected chi connectivity index (χ4v) is 6.34. The Labute approximate surface area is 208 Å². The van der Waals surface area contributed by atoms with E-state index >= 15 is 0 Å². The average molecular weight is 505 g/mol. The third-order valence-electron chi connectivity index (χ3n) is 5.66. The molecule has 2 aromatic carbocycles. The highest BCUT2D eigenvalue weighted by atomic mass is 33.1. The van der Waals surface area contributed by atoms with Gasteiger partial charge in [0.25, 0.3) is 0 Å². The van der Waals surface area contributed by atoms with E-state index in [1.54, 1.807) is 0 Å². The van der Waals surface area contributed by atoms with Gasteiger partial charge in [0.1, 0.15) is 16.7 Å². The Morgan fingerprint density at radius 2 is 1.28 bits per heavy atom. The lowest BCUT2D eigenvalue weighted by molar-refractivity contribution is 0.194. The third-order valence-corrected chi connectivity index (χ3v) is 8.86. The number of anilines is 2. The largest absolute Gasteiger partial charge is 0.384 e. The molecule has 6 nitrogen and oxygen atoms in total. The summed E-state index contributed by atoms with van der Waals surface area (Å²) in [5, 5.41) is 7.16. The smallest absolute Gasteiger partial charge is 0.150 e. The summed E-state index contributed by atoms with van der Waals surface area (Å²) in [7, 11) is 2.83. The lowest BCUT2D eigenvalue weighted by Gasteiger charge is -2.52. The van der Waals surface area contributed by atoms with Crippen LogP contribution in [0.4, 0.5) is 11.4 Å². The van der Waals surface area contributed by atoms with Crippen molar-refractivity contribution in [3.63, 3.8) is 0 Å². The second-order valence-electron chi connectivity index (χ2n) is 7.59. The summed E-state index contributed by atoms with van der Waals surface area (Å²) in [6.45, 7) is 5.32. The van der Waals surface area contributed by atoms with Crippen LogP contribution in [0.25, 0.3) is 0 Å². The number of nitrogens with two attached hydrogens (primary N) is 1. The molecule has 2 unspecified atom stereocenters. The van der Waals surface area contributed by atoms with Gasteiger partial charge in [-0.1, -0.05) is 60.8 Å². The Hall–Kier alpha value is -1.56. The highest BCUT2D eigenvalue weighted by Gasteiger charge is 2.38. The Morgan fingerprint density at radius 1 is 0.812 bits per heavy atom. The molecule has 0 aliphatic carbocycles. The van der Waals surface area contributed by atoms with Crippen molar-refractivity contribution >= 4 is 66.0 Å².